The second-order valence-corrected chi connectivity index (χ2v) is 8.13. The lowest BCUT2D eigenvalue weighted by molar-refractivity contribution is -0.131. The fourth-order valence-corrected chi connectivity index (χ4v) is 3.95. The summed E-state index contributed by atoms with van der Waals surface area (Å²) in [6.07, 6.45) is 6.22. The van der Waals surface area contributed by atoms with Gasteiger partial charge in [-0.25, -0.2) is 8.78 Å². The predicted octanol–water partition coefficient (Wildman–Crippen LogP) is 3.73. The second-order valence-electron chi connectivity index (χ2n) is 7.73. The topological polar surface area (TPSA) is 95.5 Å². The number of aromatic nitrogens is 1. The van der Waals surface area contributed by atoms with Crippen LogP contribution in [-0.4, -0.2) is 34.6 Å². The van der Waals surface area contributed by atoms with Crippen LogP contribution in [0.1, 0.15) is 19.3 Å². The molecular formula is C22H20ClF2N5O2. The SMILES string of the molecule is O=C(NC1(C(=O)Nc2cncc(-c3ccccc3Cl)c2)C=NC=CN1)C1CCC(F)(F)C1. The number of halogens is 3. The van der Waals surface area contributed by atoms with Gasteiger partial charge in [-0.15, -0.1) is 0 Å². The summed E-state index contributed by atoms with van der Waals surface area (Å²) in [6.45, 7) is 0. The van der Waals surface area contributed by atoms with E-state index < -0.39 is 35.7 Å². The van der Waals surface area contributed by atoms with Crippen molar-refractivity contribution >= 4 is 35.3 Å². The summed E-state index contributed by atoms with van der Waals surface area (Å²) in [5.41, 5.74) is 0.0515. The van der Waals surface area contributed by atoms with Crippen molar-refractivity contribution in [3.05, 3.63) is 60.1 Å². The number of anilines is 1. The van der Waals surface area contributed by atoms with Gasteiger partial charge in [-0.3, -0.25) is 19.6 Å². The van der Waals surface area contributed by atoms with Crippen molar-refractivity contribution < 1.29 is 18.4 Å². The average molecular weight is 460 g/mol. The monoisotopic (exact) mass is 459 g/mol. The van der Waals surface area contributed by atoms with Crippen LogP contribution < -0.4 is 16.0 Å². The van der Waals surface area contributed by atoms with Gasteiger partial charge in [-0.1, -0.05) is 29.8 Å². The minimum Gasteiger partial charge on any atom is -0.355 e. The summed E-state index contributed by atoms with van der Waals surface area (Å²) in [4.78, 5) is 33.9. The van der Waals surface area contributed by atoms with E-state index in [0.29, 0.717) is 16.3 Å². The first kappa shape index (κ1) is 21.9. The van der Waals surface area contributed by atoms with Crippen molar-refractivity contribution in [3.8, 4) is 11.1 Å². The van der Waals surface area contributed by atoms with Crippen LogP contribution in [0.3, 0.4) is 0 Å². The van der Waals surface area contributed by atoms with Crippen LogP contribution >= 0.6 is 11.6 Å². The Morgan fingerprint density at radius 1 is 1.22 bits per heavy atom. The molecule has 1 aliphatic heterocycles. The number of amides is 2. The molecule has 1 aromatic heterocycles. The van der Waals surface area contributed by atoms with Gasteiger partial charge >= 0.3 is 0 Å². The molecule has 0 saturated heterocycles. The first-order valence-electron chi connectivity index (χ1n) is 9.96. The molecule has 0 bridgehead atoms. The highest BCUT2D eigenvalue weighted by atomic mass is 35.5. The molecule has 10 heteroatoms. The standard InChI is InChI=1S/C22H20ClF2N5O2/c23-18-4-2-1-3-17(18)15-9-16(12-27-11-15)29-20(32)22(13-26-7-8-28-22)30-19(31)14-5-6-21(24,25)10-14/h1-4,7-9,11-14,28H,5-6,10H2,(H,29,32)(H,30,31). The maximum absolute atomic E-state index is 13.6. The minimum absolute atomic E-state index is 0.0489. The minimum atomic E-state index is -2.88. The molecule has 1 aliphatic carbocycles. The molecule has 2 unspecified atom stereocenters. The number of hydrogen-bond donors (Lipinski definition) is 3. The predicted molar refractivity (Wildman–Crippen MR) is 117 cm³/mol. The van der Waals surface area contributed by atoms with E-state index in [1.54, 1.807) is 24.4 Å². The summed E-state index contributed by atoms with van der Waals surface area (Å²) in [6, 6.07) is 8.89. The highest BCUT2D eigenvalue weighted by molar-refractivity contribution is 6.33. The van der Waals surface area contributed by atoms with Gasteiger partial charge in [0.1, 0.15) is 0 Å². The number of alkyl halides is 2. The molecule has 2 atom stereocenters. The lowest BCUT2D eigenvalue weighted by atomic mass is 10.0. The van der Waals surface area contributed by atoms with Gasteiger partial charge in [0.2, 0.25) is 17.5 Å². The Morgan fingerprint density at radius 2 is 2.03 bits per heavy atom. The maximum atomic E-state index is 13.6. The molecule has 2 aliphatic rings. The smallest absolute Gasteiger partial charge is 0.276 e. The van der Waals surface area contributed by atoms with E-state index >= 15 is 0 Å². The third kappa shape index (κ3) is 4.62. The second kappa shape index (κ2) is 8.66. The van der Waals surface area contributed by atoms with Gasteiger partial charge in [0.25, 0.3) is 5.91 Å². The van der Waals surface area contributed by atoms with Gasteiger partial charge in [-0.05, 0) is 18.6 Å². The first-order chi connectivity index (χ1) is 15.3. The van der Waals surface area contributed by atoms with Gasteiger partial charge in [0.15, 0.2) is 0 Å². The Kier molecular flexibility index (Phi) is 5.92. The normalized spacial score (nSPS) is 23.4. The van der Waals surface area contributed by atoms with Crippen LogP contribution in [0.15, 0.2) is 60.1 Å². The molecule has 4 rings (SSSR count). The Morgan fingerprint density at radius 3 is 2.72 bits per heavy atom. The van der Waals surface area contributed by atoms with E-state index in [9.17, 15) is 18.4 Å². The lowest BCUT2D eigenvalue weighted by Gasteiger charge is -2.32. The van der Waals surface area contributed by atoms with E-state index in [-0.39, 0.29) is 12.8 Å². The molecule has 1 saturated carbocycles. The van der Waals surface area contributed by atoms with Crippen molar-refractivity contribution in [2.45, 2.75) is 30.8 Å². The van der Waals surface area contributed by atoms with Crippen LogP contribution in [0.5, 0.6) is 0 Å². The molecular weight excluding hydrogens is 440 g/mol. The molecule has 0 spiro atoms. The zero-order valence-corrected chi connectivity index (χ0v) is 17.6. The van der Waals surface area contributed by atoms with Crippen molar-refractivity contribution in [1.82, 2.24) is 15.6 Å². The summed E-state index contributed by atoms with van der Waals surface area (Å²) >= 11 is 6.25. The van der Waals surface area contributed by atoms with Crippen molar-refractivity contribution in [2.24, 2.45) is 10.9 Å². The van der Waals surface area contributed by atoms with E-state index in [2.05, 4.69) is 25.9 Å². The molecule has 2 heterocycles. The summed E-state index contributed by atoms with van der Waals surface area (Å²) in [7, 11) is 0. The maximum Gasteiger partial charge on any atom is 0.276 e. The van der Waals surface area contributed by atoms with E-state index in [4.69, 9.17) is 11.6 Å². The highest BCUT2D eigenvalue weighted by Crippen LogP contribution is 2.39. The highest BCUT2D eigenvalue weighted by Gasteiger charge is 2.46. The molecule has 1 fully saturated rings. The van der Waals surface area contributed by atoms with Gasteiger partial charge in [0.05, 0.1) is 18.1 Å². The third-order valence-corrected chi connectivity index (χ3v) is 5.70. The van der Waals surface area contributed by atoms with Crippen LogP contribution in [0.4, 0.5) is 14.5 Å². The zero-order valence-electron chi connectivity index (χ0n) is 16.8. The van der Waals surface area contributed by atoms with Gasteiger partial charge in [0, 0.05) is 53.5 Å². The molecule has 0 radical (unpaired) electrons. The number of aliphatic imine (C=N–C) groups is 1. The Balaban J connectivity index is 1.54. The van der Waals surface area contributed by atoms with Crippen molar-refractivity contribution in [1.29, 1.82) is 0 Å². The number of benzene rings is 1. The van der Waals surface area contributed by atoms with Crippen molar-refractivity contribution in [3.63, 3.8) is 0 Å². The number of carbonyl (C=O) groups excluding carboxylic acids is 2. The number of nitrogens with one attached hydrogen (secondary N) is 3. The largest absolute Gasteiger partial charge is 0.355 e. The molecule has 2 aromatic rings. The lowest BCUT2D eigenvalue weighted by Crippen LogP contribution is -2.67. The first-order valence-corrected chi connectivity index (χ1v) is 10.3. The number of nitrogens with zero attached hydrogens (tertiary/aromatic N) is 2. The fourth-order valence-electron chi connectivity index (χ4n) is 3.70. The number of carbonyl (C=O) groups is 2. The number of pyridine rings is 1. The van der Waals surface area contributed by atoms with Crippen LogP contribution in [0, 0.1) is 5.92 Å². The Hall–Kier alpha value is -3.33. The molecule has 1 aromatic carbocycles. The molecule has 7 nitrogen and oxygen atoms in total. The van der Waals surface area contributed by atoms with Crippen LogP contribution in [0.25, 0.3) is 11.1 Å². The van der Waals surface area contributed by atoms with E-state index in [0.717, 1.165) is 5.56 Å². The summed E-state index contributed by atoms with van der Waals surface area (Å²) in [5, 5.41) is 8.56. The van der Waals surface area contributed by atoms with Crippen LogP contribution in [0.2, 0.25) is 5.02 Å². The summed E-state index contributed by atoms with van der Waals surface area (Å²) in [5.74, 6) is -5.06. The summed E-state index contributed by atoms with van der Waals surface area (Å²) < 4.78 is 27.1. The number of rotatable bonds is 5. The Bertz CT molecular complexity index is 1110. The van der Waals surface area contributed by atoms with Gasteiger partial charge in [-0.2, -0.15) is 0 Å². The quantitative estimate of drug-likeness (QED) is 0.634. The van der Waals surface area contributed by atoms with Crippen molar-refractivity contribution in [2.75, 3.05) is 5.32 Å². The zero-order chi connectivity index (χ0) is 22.8. The molecule has 32 heavy (non-hydrogen) atoms. The average Bonchev–Trinajstić information content (AvgIpc) is 3.15. The Labute approximate surface area is 188 Å². The fraction of sp³-hybridized carbons (Fsp3) is 0.273. The van der Waals surface area contributed by atoms with E-state index in [1.807, 2.05) is 12.1 Å². The van der Waals surface area contributed by atoms with E-state index in [1.165, 1.54) is 24.8 Å². The third-order valence-electron chi connectivity index (χ3n) is 5.37. The molecule has 2 amide bonds. The van der Waals surface area contributed by atoms with Crippen LogP contribution in [-0.2, 0) is 9.59 Å². The number of hydrogen-bond acceptors (Lipinski definition) is 5. The molecule has 166 valence electrons. The molecule has 3 N–H and O–H groups in total. The van der Waals surface area contributed by atoms with Gasteiger partial charge < -0.3 is 16.0 Å².